The predicted octanol–water partition coefficient (Wildman–Crippen LogP) is 2.71. The van der Waals surface area contributed by atoms with Crippen LogP contribution in [-0.2, 0) is 4.74 Å². The van der Waals surface area contributed by atoms with Gasteiger partial charge < -0.3 is 20.7 Å². The number of para-hydroxylation sites is 1. The molecule has 3 aromatic heterocycles. The molecule has 1 fully saturated rings. The highest BCUT2D eigenvalue weighted by molar-refractivity contribution is 6.00. The maximum atomic E-state index is 14.8. The minimum Gasteiger partial charge on any atom is -0.379 e. The van der Waals surface area contributed by atoms with Gasteiger partial charge in [0.15, 0.2) is 5.65 Å². The molecule has 0 bridgehead atoms. The number of fused-ring (bicyclic) bond motifs is 1. The molecular weight excluding hydrogens is 453 g/mol. The lowest BCUT2D eigenvalue weighted by Gasteiger charge is -2.35. The Balaban J connectivity index is 1.52. The number of nitrogens with one attached hydrogen (secondary N) is 3. The zero-order valence-electron chi connectivity index (χ0n) is 19.2. The van der Waals surface area contributed by atoms with E-state index < -0.39 is 11.9 Å². The molecule has 35 heavy (non-hydrogen) atoms. The molecule has 0 saturated heterocycles. The number of methoxy groups -OCH3 is 1. The molecule has 0 unspecified atom stereocenters. The van der Waals surface area contributed by atoms with Gasteiger partial charge in [-0.3, -0.25) is 14.2 Å². The van der Waals surface area contributed by atoms with E-state index in [0.717, 1.165) is 12.8 Å². The number of hydrogen-bond acceptors (Lipinski definition) is 7. The molecule has 5 rings (SSSR count). The second kappa shape index (κ2) is 9.18. The molecule has 1 aliphatic carbocycles. The van der Waals surface area contributed by atoms with E-state index in [1.807, 2.05) is 30.3 Å². The predicted molar refractivity (Wildman–Crippen MR) is 129 cm³/mol. The van der Waals surface area contributed by atoms with E-state index in [4.69, 9.17) is 4.74 Å². The first-order valence-electron chi connectivity index (χ1n) is 11.1. The fourth-order valence-corrected chi connectivity index (χ4v) is 4.11. The van der Waals surface area contributed by atoms with Crippen molar-refractivity contribution in [3.8, 4) is 5.69 Å². The van der Waals surface area contributed by atoms with E-state index in [9.17, 15) is 14.0 Å². The highest BCUT2D eigenvalue weighted by atomic mass is 19.1. The third-order valence-electron chi connectivity index (χ3n) is 6.10. The highest BCUT2D eigenvalue weighted by Gasteiger charge is 2.34. The molecule has 4 aromatic rings. The molecule has 2 atom stereocenters. The molecule has 180 valence electrons. The lowest BCUT2D eigenvalue weighted by atomic mass is 9.89. The number of rotatable bonds is 7. The van der Waals surface area contributed by atoms with Gasteiger partial charge in [0.2, 0.25) is 5.95 Å². The first-order valence-corrected chi connectivity index (χ1v) is 11.1. The van der Waals surface area contributed by atoms with Crippen LogP contribution < -0.4 is 21.5 Å². The van der Waals surface area contributed by atoms with Crippen LogP contribution >= 0.6 is 0 Å². The molecule has 3 heterocycles. The van der Waals surface area contributed by atoms with Gasteiger partial charge in [0.05, 0.1) is 12.1 Å². The number of hydrogen-bond donors (Lipinski definition) is 3. The van der Waals surface area contributed by atoms with Crippen molar-refractivity contribution in [3.05, 3.63) is 76.6 Å². The van der Waals surface area contributed by atoms with Crippen LogP contribution in [0.1, 0.15) is 23.2 Å². The summed E-state index contributed by atoms with van der Waals surface area (Å²) in [5.41, 5.74) is 0.421. The second-order valence-electron chi connectivity index (χ2n) is 8.17. The summed E-state index contributed by atoms with van der Waals surface area (Å²) in [5.74, 6) is -0.935. The quantitative estimate of drug-likeness (QED) is 0.375. The Morgan fingerprint density at radius 1 is 1.17 bits per heavy atom. The summed E-state index contributed by atoms with van der Waals surface area (Å²) in [6, 6.07) is 13.9. The van der Waals surface area contributed by atoms with Crippen molar-refractivity contribution < 1.29 is 13.9 Å². The molecule has 10 nitrogen and oxygen atoms in total. The summed E-state index contributed by atoms with van der Waals surface area (Å²) in [4.78, 5) is 30.5. The number of pyridine rings is 1. The summed E-state index contributed by atoms with van der Waals surface area (Å²) < 4.78 is 22.9. The van der Waals surface area contributed by atoms with Gasteiger partial charge in [-0.25, -0.2) is 4.98 Å². The monoisotopic (exact) mass is 477 g/mol. The van der Waals surface area contributed by atoms with Gasteiger partial charge in [-0.15, -0.1) is 5.10 Å². The largest absolute Gasteiger partial charge is 0.379 e. The van der Waals surface area contributed by atoms with Crippen LogP contribution in [0.4, 0.5) is 21.7 Å². The van der Waals surface area contributed by atoms with Crippen LogP contribution in [0, 0.1) is 5.95 Å². The van der Waals surface area contributed by atoms with E-state index in [1.165, 1.54) is 9.08 Å². The lowest BCUT2D eigenvalue weighted by Crippen LogP contribution is -2.51. The first-order chi connectivity index (χ1) is 17.0. The lowest BCUT2D eigenvalue weighted by molar-refractivity contribution is 0.00725. The van der Waals surface area contributed by atoms with Gasteiger partial charge in [-0.1, -0.05) is 18.2 Å². The highest BCUT2D eigenvalue weighted by Crippen LogP contribution is 2.26. The van der Waals surface area contributed by atoms with Gasteiger partial charge in [-0.05, 0) is 37.1 Å². The van der Waals surface area contributed by atoms with Crippen molar-refractivity contribution in [2.24, 2.45) is 0 Å². The van der Waals surface area contributed by atoms with E-state index in [0.29, 0.717) is 11.5 Å². The van der Waals surface area contributed by atoms with Gasteiger partial charge in [0, 0.05) is 32.1 Å². The van der Waals surface area contributed by atoms with Gasteiger partial charge in [0.25, 0.3) is 11.5 Å². The number of halogens is 1. The Labute approximate surface area is 199 Å². The Morgan fingerprint density at radius 2 is 1.97 bits per heavy atom. The van der Waals surface area contributed by atoms with Crippen molar-refractivity contribution in [3.63, 3.8) is 0 Å². The van der Waals surface area contributed by atoms with Crippen molar-refractivity contribution in [2.75, 3.05) is 24.8 Å². The van der Waals surface area contributed by atoms with Crippen LogP contribution in [-0.4, -0.2) is 51.4 Å². The van der Waals surface area contributed by atoms with Gasteiger partial charge >= 0.3 is 0 Å². The number of carbonyl (C=O) groups excluding carboxylic acids is 1. The van der Waals surface area contributed by atoms with Crippen LogP contribution in [0.15, 0.2) is 59.5 Å². The number of nitrogens with zero attached hydrogens (tertiary/aromatic N) is 4. The third kappa shape index (κ3) is 4.10. The molecule has 1 amide bonds. The van der Waals surface area contributed by atoms with Gasteiger partial charge in [-0.2, -0.15) is 8.91 Å². The molecule has 0 radical (unpaired) electrons. The SMILES string of the molecule is CNc1cc(Nc2cccn(-c3ccccc3)c2=O)nc2c(C(=O)N[C@@H]3CC[C@H]3OC)c(F)nn12. The molecule has 3 N–H and O–H groups in total. The van der Waals surface area contributed by atoms with Crippen LogP contribution in [0.2, 0.25) is 0 Å². The minimum absolute atomic E-state index is 0.0157. The van der Waals surface area contributed by atoms with Crippen LogP contribution in [0.5, 0.6) is 0 Å². The number of aromatic nitrogens is 4. The van der Waals surface area contributed by atoms with Crippen molar-refractivity contribution in [1.29, 1.82) is 0 Å². The van der Waals surface area contributed by atoms with Crippen molar-refractivity contribution >= 4 is 28.9 Å². The van der Waals surface area contributed by atoms with E-state index in [-0.39, 0.29) is 40.4 Å². The molecule has 11 heteroatoms. The third-order valence-corrected chi connectivity index (χ3v) is 6.10. The number of ether oxygens (including phenoxy) is 1. The smallest absolute Gasteiger partial charge is 0.278 e. The number of anilines is 3. The standard InChI is InChI=1S/C24H24FN7O3/c1-26-19-13-18(27-16-9-6-12-31(24(16)34)14-7-4-3-5-8-14)29-22-20(21(25)30-32(19)22)23(33)28-15-10-11-17(15)35-2/h3-9,12-13,15,17,26H,10-11H2,1-2H3,(H,27,29)(H,28,33)/t15-,17-/m1/s1. The Hall–Kier alpha value is -4.25. The van der Waals surface area contributed by atoms with Crippen molar-refractivity contribution in [1.82, 2.24) is 24.5 Å². The summed E-state index contributed by atoms with van der Waals surface area (Å²) in [6.07, 6.45) is 3.13. The van der Waals surface area contributed by atoms with E-state index in [1.54, 1.807) is 38.6 Å². The molecule has 1 saturated carbocycles. The average molecular weight is 478 g/mol. The maximum Gasteiger partial charge on any atom is 0.278 e. The Kier molecular flexibility index (Phi) is 5.91. The summed E-state index contributed by atoms with van der Waals surface area (Å²) >= 11 is 0. The number of benzene rings is 1. The Bertz CT molecular complexity index is 1450. The van der Waals surface area contributed by atoms with Crippen molar-refractivity contribution in [2.45, 2.75) is 25.0 Å². The fraction of sp³-hybridized carbons (Fsp3) is 0.250. The fourth-order valence-electron chi connectivity index (χ4n) is 4.11. The molecule has 1 aliphatic rings. The second-order valence-corrected chi connectivity index (χ2v) is 8.17. The van der Waals surface area contributed by atoms with Gasteiger partial charge in [0.1, 0.15) is 22.9 Å². The summed E-state index contributed by atoms with van der Waals surface area (Å²) in [7, 11) is 3.22. The zero-order valence-corrected chi connectivity index (χ0v) is 19.2. The average Bonchev–Trinajstić information content (AvgIpc) is 3.19. The number of amides is 1. The molecule has 0 spiro atoms. The normalized spacial score (nSPS) is 17.1. The first kappa shape index (κ1) is 22.5. The number of carbonyl (C=O) groups is 1. The van der Waals surface area contributed by atoms with Crippen LogP contribution in [0.25, 0.3) is 11.3 Å². The zero-order chi connectivity index (χ0) is 24.5. The molecule has 1 aromatic carbocycles. The molecular formula is C24H24FN7O3. The van der Waals surface area contributed by atoms with E-state index >= 15 is 0 Å². The summed E-state index contributed by atoms with van der Waals surface area (Å²) in [6.45, 7) is 0. The summed E-state index contributed by atoms with van der Waals surface area (Å²) in [5, 5.41) is 12.6. The molecule has 0 aliphatic heterocycles. The minimum atomic E-state index is -0.942. The maximum absolute atomic E-state index is 14.8. The topological polar surface area (TPSA) is 115 Å². The Morgan fingerprint density at radius 3 is 2.66 bits per heavy atom. The van der Waals surface area contributed by atoms with E-state index in [2.05, 4.69) is 26.0 Å². The van der Waals surface area contributed by atoms with Crippen LogP contribution in [0.3, 0.4) is 0 Å².